The number of esters is 1. The van der Waals surface area contributed by atoms with Crippen molar-refractivity contribution in [2.75, 3.05) is 21.3 Å². The molecule has 3 aromatic carbocycles. The SMILES string of the molecule is COc1cc(/C=C2/CC(C(C)(C)C)Cc3c2nc2ccccc2c3C(=O)OC(C)C(=O)c2cc(C)c(C)cc2C)cc(OC)c1OC. The highest BCUT2D eigenvalue weighted by Gasteiger charge is 2.36. The molecule has 246 valence electrons. The van der Waals surface area contributed by atoms with Crippen molar-refractivity contribution < 1.29 is 28.5 Å². The molecule has 2 atom stereocenters. The Bertz CT molecular complexity index is 1870. The lowest BCUT2D eigenvalue weighted by molar-refractivity contribution is 0.0318. The van der Waals surface area contributed by atoms with Gasteiger partial charge in [0, 0.05) is 10.9 Å². The maximum atomic E-state index is 14.3. The lowest BCUT2D eigenvalue weighted by Gasteiger charge is -2.37. The van der Waals surface area contributed by atoms with Crippen LogP contribution in [-0.2, 0) is 11.2 Å². The molecule has 1 aliphatic carbocycles. The third-order valence-electron chi connectivity index (χ3n) is 9.43. The molecule has 7 nitrogen and oxygen atoms in total. The molecule has 0 N–H and O–H groups in total. The van der Waals surface area contributed by atoms with E-state index in [0.29, 0.717) is 45.7 Å². The number of hydrogen-bond acceptors (Lipinski definition) is 7. The van der Waals surface area contributed by atoms with Crippen molar-refractivity contribution in [3.8, 4) is 17.2 Å². The van der Waals surface area contributed by atoms with Crippen LogP contribution in [0.1, 0.15) is 88.3 Å². The molecule has 0 spiro atoms. The van der Waals surface area contributed by atoms with E-state index in [-0.39, 0.29) is 17.1 Å². The first-order valence-corrected chi connectivity index (χ1v) is 16.0. The van der Waals surface area contributed by atoms with E-state index in [0.717, 1.165) is 45.5 Å². The number of benzene rings is 3. The number of carbonyl (C=O) groups excluding carboxylic acids is 2. The number of aromatic nitrogens is 1. The number of aryl methyl sites for hydroxylation is 3. The monoisotopic (exact) mass is 635 g/mol. The van der Waals surface area contributed by atoms with Crippen LogP contribution in [0.25, 0.3) is 22.6 Å². The Morgan fingerprint density at radius 2 is 1.51 bits per heavy atom. The number of ether oxygens (including phenoxy) is 4. The van der Waals surface area contributed by atoms with Gasteiger partial charge in [0.2, 0.25) is 11.5 Å². The molecule has 1 heterocycles. The van der Waals surface area contributed by atoms with Gasteiger partial charge in [-0.2, -0.15) is 0 Å². The van der Waals surface area contributed by atoms with Gasteiger partial charge in [0.15, 0.2) is 17.6 Å². The van der Waals surface area contributed by atoms with Gasteiger partial charge in [0.1, 0.15) is 0 Å². The Morgan fingerprint density at radius 1 is 0.872 bits per heavy atom. The van der Waals surface area contributed by atoms with Gasteiger partial charge in [-0.15, -0.1) is 0 Å². The number of allylic oxidation sites excluding steroid dienone is 1. The van der Waals surface area contributed by atoms with E-state index in [2.05, 4.69) is 26.8 Å². The van der Waals surface area contributed by atoms with Gasteiger partial charge in [-0.1, -0.05) is 45.0 Å². The number of pyridine rings is 1. The van der Waals surface area contributed by atoms with Crippen molar-refractivity contribution in [2.45, 2.75) is 67.4 Å². The lowest BCUT2D eigenvalue weighted by Crippen LogP contribution is -2.30. The molecule has 0 fully saturated rings. The minimum absolute atomic E-state index is 0.0665. The van der Waals surface area contributed by atoms with E-state index in [1.165, 1.54) is 0 Å². The molecular formula is C40H45NO6. The normalized spacial score (nSPS) is 16.0. The highest BCUT2D eigenvalue weighted by molar-refractivity contribution is 6.08. The standard InChI is InChI=1S/C40H45NO6/c1-22-15-24(3)30(16-23(22)2)37(42)25(4)47-39(43)35-29-13-11-12-14-32(29)41-36-27(20-28(21-31(35)36)40(5,6)7)17-26-18-33(44-8)38(46-10)34(19-26)45-9/h11-19,25,28H,20-21H2,1-10H3/b27-17-. The Kier molecular flexibility index (Phi) is 9.48. The Hall–Kier alpha value is -4.65. The molecule has 1 aliphatic rings. The van der Waals surface area contributed by atoms with Crippen LogP contribution in [-0.4, -0.2) is 44.2 Å². The topological polar surface area (TPSA) is 84.0 Å². The van der Waals surface area contributed by atoms with Crippen LogP contribution in [0.15, 0.2) is 48.5 Å². The van der Waals surface area contributed by atoms with Crippen LogP contribution < -0.4 is 14.2 Å². The second kappa shape index (κ2) is 13.2. The fraction of sp³-hybridized carbons (Fsp3) is 0.375. The van der Waals surface area contributed by atoms with E-state index in [9.17, 15) is 9.59 Å². The molecular weight excluding hydrogens is 590 g/mol. The molecule has 0 aliphatic heterocycles. The molecule has 0 bridgehead atoms. The number of Topliss-reactive ketones (excluding diaryl/α,β-unsaturated/α-hetero) is 1. The van der Waals surface area contributed by atoms with Gasteiger partial charge in [-0.3, -0.25) is 4.79 Å². The fourth-order valence-corrected chi connectivity index (χ4v) is 6.47. The zero-order valence-electron chi connectivity index (χ0n) is 29.2. The summed E-state index contributed by atoms with van der Waals surface area (Å²) < 4.78 is 22.8. The van der Waals surface area contributed by atoms with E-state index >= 15 is 0 Å². The predicted molar refractivity (Wildman–Crippen MR) is 187 cm³/mol. The minimum Gasteiger partial charge on any atom is -0.493 e. The maximum absolute atomic E-state index is 14.3. The van der Waals surface area contributed by atoms with Crippen molar-refractivity contribution >= 4 is 34.3 Å². The first-order valence-electron chi connectivity index (χ1n) is 16.0. The third kappa shape index (κ3) is 6.62. The Balaban J connectivity index is 1.65. The summed E-state index contributed by atoms with van der Waals surface area (Å²) in [7, 11) is 4.77. The summed E-state index contributed by atoms with van der Waals surface area (Å²) in [6, 6.07) is 15.3. The number of fused-ring (bicyclic) bond motifs is 2. The molecule has 0 saturated heterocycles. The summed E-state index contributed by atoms with van der Waals surface area (Å²) in [5.41, 5.74) is 8.10. The van der Waals surface area contributed by atoms with Crippen molar-refractivity contribution in [1.29, 1.82) is 0 Å². The van der Waals surface area contributed by atoms with Gasteiger partial charge in [0.25, 0.3) is 0 Å². The quantitative estimate of drug-likeness (QED) is 0.141. The Morgan fingerprint density at radius 3 is 2.13 bits per heavy atom. The number of rotatable bonds is 8. The van der Waals surface area contributed by atoms with Gasteiger partial charge in [0.05, 0.1) is 38.1 Å². The summed E-state index contributed by atoms with van der Waals surface area (Å²) in [5.74, 6) is 1.08. The van der Waals surface area contributed by atoms with Gasteiger partial charge >= 0.3 is 5.97 Å². The zero-order chi connectivity index (χ0) is 34.2. The second-order valence-electron chi connectivity index (χ2n) is 13.6. The van der Waals surface area contributed by atoms with Crippen LogP contribution >= 0.6 is 0 Å². The highest BCUT2D eigenvalue weighted by Crippen LogP contribution is 2.46. The first-order chi connectivity index (χ1) is 22.3. The van der Waals surface area contributed by atoms with Crippen LogP contribution in [0.5, 0.6) is 17.2 Å². The fourth-order valence-electron chi connectivity index (χ4n) is 6.47. The number of para-hydroxylation sites is 1. The molecule has 2 unspecified atom stereocenters. The molecule has 47 heavy (non-hydrogen) atoms. The number of hydrogen-bond donors (Lipinski definition) is 0. The van der Waals surface area contributed by atoms with E-state index in [4.69, 9.17) is 23.9 Å². The lowest BCUT2D eigenvalue weighted by atomic mass is 9.69. The molecule has 0 radical (unpaired) electrons. The molecule has 5 rings (SSSR count). The van der Waals surface area contributed by atoms with E-state index in [1.54, 1.807) is 28.3 Å². The van der Waals surface area contributed by atoms with Gasteiger partial charge < -0.3 is 18.9 Å². The molecule has 7 heteroatoms. The summed E-state index contributed by atoms with van der Waals surface area (Å²) >= 11 is 0. The van der Waals surface area contributed by atoms with Gasteiger partial charge in [-0.25, -0.2) is 9.78 Å². The summed E-state index contributed by atoms with van der Waals surface area (Å²) in [6.45, 7) is 14.2. The minimum atomic E-state index is -0.970. The number of methoxy groups -OCH3 is 3. The molecule has 0 amide bonds. The van der Waals surface area contributed by atoms with Crippen molar-refractivity contribution in [1.82, 2.24) is 4.98 Å². The predicted octanol–water partition coefficient (Wildman–Crippen LogP) is 8.76. The average Bonchev–Trinajstić information content (AvgIpc) is 3.03. The zero-order valence-corrected chi connectivity index (χ0v) is 29.2. The smallest absolute Gasteiger partial charge is 0.339 e. The van der Waals surface area contributed by atoms with Crippen molar-refractivity contribution in [3.05, 3.63) is 93.2 Å². The molecule has 1 aromatic heterocycles. The number of nitrogens with zero attached hydrogens (tertiary/aromatic N) is 1. The largest absolute Gasteiger partial charge is 0.493 e. The van der Waals surface area contributed by atoms with Crippen molar-refractivity contribution in [3.63, 3.8) is 0 Å². The maximum Gasteiger partial charge on any atom is 0.339 e. The molecule has 0 saturated carbocycles. The van der Waals surface area contributed by atoms with Crippen molar-refractivity contribution in [2.24, 2.45) is 11.3 Å². The van der Waals surface area contributed by atoms with Crippen LogP contribution in [0.4, 0.5) is 0 Å². The third-order valence-corrected chi connectivity index (χ3v) is 9.43. The second-order valence-corrected chi connectivity index (χ2v) is 13.6. The summed E-state index contributed by atoms with van der Waals surface area (Å²) in [6.07, 6.45) is 2.52. The van der Waals surface area contributed by atoms with E-state index in [1.807, 2.05) is 69.3 Å². The van der Waals surface area contributed by atoms with Gasteiger partial charge in [-0.05, 0) is 116 Å². The van der Waals surface area contributed by atoms with Crippen LogP contribution in [0, 0.1) is 32.1 Å². The van der Waals surface area contributed by atoms with Crippen LogP contribution in [0.3, 0.4) is 0 Å². The molecule has 4 aromatic rings. The van der Waals surface area contributed by atoms with E-state index < -0.39 is 12.1 Å². The Labute approximate surface area is 277 Å². The number of carbonyl (C=O) groups is 2. The average molecular weight is 636 g/mol. The highest BCUT2D eigenvalue weighted by atomic mass is 16.5. The summed E-state index contributed by atoms with van der Waals surface area (Å²) in [4.78, 5) is 33.0. The first kappa shape index (κ1) is 33.7. The number of ketones is 1. The van der Waals surface area contributed by atoms with Crippen LogP contribution in [0.2, 0.25) is 0 Å². The summed E-state index contributed by atoms with van der Waals surface area (Å²) in [5, 5.41) is 0.708.